The van der Waals surface area contributed by atoms with E-state index < -0.39 is 0 Å². The number of rotatable bonds is 2. The fourth-order valence-corrected chi connectivity index (χ4v) is 4.98. The number of aromatic nitrogens is 2. The molecule has 0 saturated carbocycles. The van der Waals surface area contributed by atoms with Gasteiger partial charge in [-0.1, -0.05) is 0 Å². The Morgan fingerprint density at radius 3 is 2.83 bits per heavy atom. The van der Waals surface area contributed by atoms with Crippen molar-refractivity contribution in [3.8, 4) is 0 Å². The van der Waals surface area contributed by atoms with Crippen LogP contribution in [0.4, 0.5) is 0 Å². The number of nitrogens with zero attached hydrogens (tertiary/aromatic N) is 3. The summed E-state index contributed by atoms with van der Waals surface area (Å²) in [5.74, 6) is -0.0490. The van der Waals surface area contributed by atoms with E-state index in [9.17, 15) is 9.59 Å². The van der Waals surface area contributed by atoms with Crippen molar-refractivity contribution in [1.29, 1.82) is 0 Å². The number of carbonyl (C=O) groups is 1. The summed E-state index contributed by atoms with van der Waals surface area (Å²) in [6.07, 6.45) is 4.65. The van der Waals surface area contributed by atoms with Crippen LogP contribution in [0.1, 0.15) is 30.7 Å². The molecule has 1 fully saturated rings. The van der Waals surface area contributed by atoms with E-state index in [1.165, 1.54) is 15.8 Å². The first-order chi connectivity index (χ1) is 11.5. The molecule has 2 atom stereocenters. The molecule has 0 radical (unpaired) electrons. The first-order valence-corrected chi connectivity index (χ1v) is 9.27. The molecule has 0 spiro atoms. The molecule has 1 saturated heterocycles. The lowest BCUT2D eigenvalue weighted by atomic mass is 10.2. The molecule has 1 aliphatic carbocycles. The number of morpholine rings is 1. The Morgan fingerprint density at radius 1 is 1.33 bits per heavy atom. The third-order valence-electron chi connectivity index (χ3n) is 4.77. The van der Waals surface area contributed by atoms with Crippen LogP contribution in [0.3, 0.4) is 0 Å². The molecule has 1 amide bonds. The lowest BCUT2D eigenvalue weighted by Gasteiger charge is -2.35. The highest BCUT2D eigenvalue weighted by atomic mass is 32.1. The highest BCUT2D eigenvalue weighted by molar-refractivity contribution is 7.18. The van der Waals surface area contributed by atoms with Gasteiger partial charge in [0.1, 0.15) is 11.4 Å². The Balaban J connectivity index is 1.62. The molecule has 24 heavy (non-hydrogen) atoms. The SMILES string of the molecule is CC1CN(C(=O)Cn2cnc3sc4c(c3c2=O)CCC4)CC(C)O1. The van der Waals surface area contributed by atoms with E-state index >= 15 is 0 Å². The smallest absolute Gasteiger partial charge is 0.262 e. The van der Waals surface area contributed by atoms with E-state index in [4.69, 9.17) is 4.74 Å². The Bertz CT molecular complexity index is 847. The van der Waals surface area contributed by atoms with Gasteiger partial charge in [0, 0.05) is 18.0 Å². The van der Waals surface area contributed by atoms with Crippen LogP contribution in [0, 0.1) is 0 Å². The molecule has 7 heteroatoms. The maximum atomic E-state index is 12.8. The number of carbonyl (C=O) groups excluding carboxylic acids is 1. The van der Waals surface area contributed by atoms with Crippen LogP contribution in [0.2, 0.25) is 0 Å². The normalized spacial score (nSPS) is 23.7. The fourth-order valence-electron chi connectivity index (χ4n) is 3.76. The van der Waals surface area contributed by atoms with Gasteiger partial charge < -0.3 is 9.64 Å². The predicted octanol–water partition coefficient (Wildman–Crippen LogP) is 1.58. The van der Waals surface area contributed by atoms with Gasteiger partial charge >= 0.3 is 0 Å². The molecule has 6 nitrogen and oxygen atoms in total. The monoisotopic (exact) mass is 347 g/mol. The minimum absolute atomic E-state index is 0.0233. The number of hydrogen-bond donors (Lipinski definition) is 0. The van der Waals surface area contributed by atoms with Gasteiger partial charge in [-0.3, -0.25) is 14.2 Å². The molecule has 0 N–H and O–H groups in total. The topological polar surface area (TPSA) is 64.4 Å². The van der Waals surface area contributed by atoms with Gasteiger partial charge in [0.15, 0.2) is 0 Å². The van der Waals surface area contributed by atoms with Gasteiger partial charge in [-0.25, -0.2) is 4.98 Å². The van der Waals surface area contributed by atoms with Gasteiger partial charge in [0.05, 0.1) is 23.9 Å². The zero-order valence-corrected chi connectivity index (χ0v) is 14.8. The summed E-state index contributed by atoms with van der Waals surface area (Å²) in [5.41, 5.74) is 1.07. The molecule has 2 aliphatic rings. The van der Waals surface area contributed by atoms with Gasteiger partial charge in [0.2, 0.25) is 5.91 Å². The second-order valence-corrected chi connectivity index (χ2v) is 7.85. The van der Waals surface area contributed by atoms with Gasteiger partial charge in [-0.05, 0) is 38.7 Å². The summed E-state index contributed by atoms with van der Waals surface area (Å²) in [4.78, 5) is 33.7. The van der Waals surface area contributed by atoms with Crippen molar-refractivity contribution in [3.05, 3.63) is 27.1 Å². The van der Waals surface area contributed by atoms with E-state index in [2.05, 4.69) is 4.98 Å². The molecule has 0 aromatic carbocycles. The third-order valence-corrected chi connectivity index (χ3v) is 5.97. The number of thiophene rings is 1. The zero-order valence-electron chi connectivity index (χ0n) is 13.9. The van der Waals surface area contributed by atoms with Crippen LogP contribution >= 0.6 is 11.3 Å². The second-order valence-electron chi connectivity index (χ2n) is 6.77. The first-order valence-electron chi connectivity index (χ1n) is 8.46. The lowest BCUT2D eigenvalue weighted by molar-refractivity contribution is -0.143. The molecule has 3 heterocycles. The van der Waals surface area contributed by atoms with Crippen molar-refractivity contribution in [2.75, 3.05) is 13.1 Å². The summed E-state index contributed by atoms with van der Waals surface area (Å²) >= 11 is 1.62. The highest BCUT2D eigenvalue weighted by Crippen LogP contribution is 2.34. The number of aryl methyl sites for hydroxylation is 2. The summed E-state index contributed by atoms with van der Waals surface area (Å²) in [6.45, 7) is 5.11. The van der Waals surface area contributed by atoms with E-state index in [1.807, 2.05) is 13.8 Å². The highest BCUT2D eigenvalue weighted by Gasteiger charge is 2.27. The number of amides is 1. The molecule has 0 bridgehead atoms. The van der Waals surface area contributed by atoms with Gasteiger partial charge in [-0.15, -0.1) is 11.3 Å². The molecular weight excluding hydrogens is 326 g/mol. The maximum Gasteiger partial charge on any atom is 0.262 e. The van der Waals surface area contributed by atoms with Gasteiger partial charge in [-0.2, -0.15) is 0 Å². The lowest BCUT2D eigenvalue weighted by Crippen LogP contribution is -2.49. The number of hydrogen-bond acceptors (Lipinski definition) is 5. The van der Waals surface area contributed by atoms with E-state index in [1.54, 1.807) is 16.2 Å². The van der Waals surface area contributed by atoms with Crippen LogP contribution in [-0.2, 0) is 28.9 Å². The Hall–Kier alpha value is -1.73. The second kappa shape index (κ2) is 5.97. The summed E-state index contributed by atoms with van der Waals surface area (Å²) < 4.78 is 7.12. The average Bonchev–Trinajstić information content (AvgIpc) is 3.09. The van der Waals surface area contributed by atoms with E-state index in [-0.39, 0.29) is 30.2 Å². The average molecular weight is 347 g/mol. The molecule has 4 rings (SSSR count). The molecule has 1 aliphatic heterocycles. The van der Waals surface area contributed by atoms with E-state index in [0.717, 1.165) is 35.0 Å². The van der Waals surface area contributed by atoms with Crippen molar-refractivity contribution in [2.24, 2.45) is 0 Å². The van der Waals surface area contributed by atoms with Gasteiger partial charge in [0.25, 0.3) is 5.56 Å². The van der Waals surface area contributed by atoms with Crippen molar-refractivity contribution < 1.29 is 9.53 Å². The maximum absolute atomic E-state index is 12.8. The minimum atomic E-state index is -0.0814. The van der Waals surface area contributed by atoms with Crippen molar-refractivity contribution in [2.45, 2.75) is 51.9 Å². The molecule has 2 aromatic rings. The van der Waals surface area contributed by atoms with Crippen molar-refractivity contribution >= 4 is 27.5 Å². The van der Waals surface area contributed by atoms with E-state index in [0.29, 0.717) is 13.1 Å². The van der Waals surface area contributed by atoms with Crippen LogP contribution in [0.15, 0.2) is 11.1 Å². The summed E-state index contributed by atoms with van der Waals surface area (Å²) in [5, 5.41) is 0.728. The van der Waals surface area contributed by atoms with Crippen LogP contribution in [0.25, 0.3) is 10.2 Å². The number of ether oxygens (including phenoxy) is 1. The largest absolute Gasteiger partial charge is 0.372 e. The van der Waals surface area contributed by atoms with Crippen LogP contribution < -0.4 is 5.56 Å². The first kappa shape index (κ1) is 15.8. The van der Waals surface area contributed by atoms with Crippen molar-refractivity contribution in [3.63, 3.8) is 0 Å². The minimum Gasteiger partial charge on any atom is -0.372 e. The summed E-state index contributed by atoms with van der Waals surface area (Å²) in [6, 6.07) is 0. The number of fused-ring (bicyclic) bond motifs is 3. The molecule has 2 unspecified atom stereocenters. The fraction of sp³-hybridized carbons (Fsp3) is 0.588. The van der Waals surface area contributed by atoms with Crippen LogP contribution in [-0.4, -0.2) is 45.7 Å². The predicted molar refractivity (Wildman–Crippen MR) is 92.5 cm³/mol. The third kappa shape index (κ3) is 2.65. The summed E-state index contributed by atoms with van der Waals surface area (Å²) in [7, 11) is 0. The zero-order chi connectivity index (χ0) is 16.8. The molecular formula is C17H21N3O3S. The standard InChI is InChI=1S/C17H21N3O3S/c1-10-6-19(7-11(2)23-10)14(21)8-20-9-18-16-15(17(20)22)12-4-3-5-13(12)24-16/h9-11H,3-8H2,1-2H3. The molecule has 128 valence electrons. The quantitative estimate of drug-likeness (QED) is 0.827. The van der Waals surface area contributed by atoms with Crippen LogP contribution in [0.5, 0.6) is 0 Å². The Kier molecular flexibility index (Phi) is 3.92. The Morgan fingerprint density at radius 2 is 2.08 bits per heavy atom. The molecule has 2 aromatic heterocycles. The Labute approximate surface area is 144 Å². The van der Waals surface area contributed by atoms with Crippen molar-refractivity contribution in [1.82, 2.24) is 14.5 Å².